The number of ether oxygens (including phenoxy) is 1. The summed E-state index contributed by atoms with van der Waals surface area (Å²) in [6, 6.07) is 12.4. The molecule has 0 aliphatic heterocycles. The third-order valence-corrected chi connectivity index (χ3v) is 4.90. The summed E-state index contributed by atoms with van der Waals surface area (Å²) in [5.41, 5.74) is 1.31. The fourth-order valence-electron chi connectivity index (χ4n) is 3.20. The number of benzene rings is 2. The summed E-state index contributed by atoms with van der Waals surface area (Å²) in [4.78, 5) is 28.6. The molecule has 0 saturated carbocycles. The average Bonchev–Trinajstić information content (AvgIpc) is 3.23. The van der Waals surface area contributed by atoms with Crippen LogP contribution in [-0.4, -0.2) is 38.3 Å². The van der Waals surface area contributed by atoms with Crippen molar-refractivity contribution in [3.05, 3.63) is 89.5 Å². The zero-order valence-corrected chi connectivity index (χ0v) is 18.8. The number of carbonyl (C=O) groups is 2. The Bertz CT molecular complexity index is 1390. The van der Waals surface area contributed by atoms with Gasteiger partial charge in [0.25, 0.3) is 11.8 Å². The van der Waals surface area contributed by atoms with E-state index < -0.39 is 17.5 Å². The lowest BCUT2D eigenvalue weighted by Gasteiger charge is -2.10. The lowest BCUT2D eigenvalue weighted by Crippen LogP contribution is -2.23. The number of nitrogens with zero attached hydrogens (tertiary/aromatic N) is 4. The highest BCUT2D eigenvalue weighted by atomic mass is 19.1. The van der Waals surface area contributed by atoms with Crippen LogP contribution in [0.15, 0.2) is 60.8 Å². The van der Waals surface area contributed by atoms with Crippen LogP contribution in [0.25, 0.3) is 5.69 Å². The number of hydrogen-bond acceptors (Lipinski definition) is 6. The Hall–Kier alpha value is -4.67. The monoisotopic (exact) mass is 478 g/mol. The van der Waals surface area contributed by atoms with Gasteiger partial charge in [0.1, 0.15) is 17.3 Å². The van der Waals surface area contributed by atoms with E-state index in [2.05, 4.69) is 25.9 Å². The van der Waals surface area contributed by atoms with Crippen LogP contribution in [0.2, 0.25) is 0 Å². The van der Waals surface area contributed by atoms with E-state index in [9.17, 15) is 18.4 Å². The Kier molecular flexibility index (Phi) is 6.76. The highest BCUT2D eigenvalue weighted by Crippen LogP contribution is 2.27. The zero-order chi connectivity index (χ0) is 24.9. The number of rotatable bonds is 7. The number of pyridine rings is 1. The summed E-state index contributed by atoms with van der Waals surface area (Å²) in [5, 5.41) is 13.0. The van der Waals surface area contributed by atoms with Crippen LogP contribution >= 0.6 is 0 Å². The lowest BCUT2D eigenvalue weighted by molar-refractivity contribution is 0.0949. The minimum absolute atomic E-state index is 0.0322. The Balaban J connectivity index is 1.47. The number of anilines is 1. The van der Waals surface area contributed by atoms with Gasteiger partial charge in [-0.2, -0.15) is 0 Å². The van der Waals surface area contributed by atoms with Gasteiger partial charge in [-0.3, -0.25) is 14.6 Å². The molecular weight excluding hydrogens is 458 g/mol. The van der Waals surface area contributed by atoms with E-state index >= 15 is 0 Å². The van der Waals surface area contributed by atoms with Crippen molar-refractivity contribution in [1.29, 1.82) is 0 Å². The Morgan fingerprint density at radius 2 is 1.80 bits per heavy atom. The summed E-state index contributed by atoms with van der Waals surface area (Å²) < 4.78 is 34.8. The van der Waals surface area contributed by atoms with Gasteiger partial charge < -0.3 is 15.4 Å². The molecule has 0 bridgehead atoms. The molecule has 2 aromatic carbocycles. The van der Waals surface area contributed by atoms with Crippen LogP contribution in [0.3, 0.4) is 0 Å². The molecule has 0 fully saturated rings. The van der Waals surface area contributed by atoms with E-state index in [1.165, 1.54) is 59.4 Å². The third kappa shape index (κ3) is 5.29. The van der Waals surface area contributed by atoms with Gasteiger partial charge in [-0.15, -0.1) is 5.10 Å². The average molecular weight is 478 g/mol. The Labute approximate surface area is 198 Å². The molecule has 178 valence electrons. The molecule has 9 nitrogen and oxygen atoms in total. The lowest BCUT2D eigenvalue weighted by atomic mass is 10.2. The highest BCUT2D eigenvalue weighted by Gasteiger charge is 2.18. The first-order chi connectivity index (χ1) is 16.9. The second kappa shape index (κ2) is 10.1. The number of aromatic nitrogens is 4. The van der Waals surface area contributed by atoms with Crippen molar-refractivity contribution in [2.24, 2.45) is 0 Å². The van der Waals surface area contributed by atoms with E-state index in [0.717, 1.165) is 6.07 Å². The normalized spacial score (nSPS) is 10.6. The summed E-state index contributed by atoms with van der Waals surface area (Å²) in [6.07, 6.45) is 1.38. The molecule has 0 spiro atoms. The van der Waals surface area contributed by atoms with Crippen LogP contribution in [-0.2, 0) is 0 Å². The smallest absolute Gasteiger partial charge is 0.278 e. The number of carbonyl (C=O) groups excluding carboxylic acids is 2. The Morgan fingerprint density at radius 3 is 2.51 bits per heavy atom. The van der Waals surface area contributed by atoms with Crippen molar-refractivity contribution >= 4 is 17.5 Å². The van der Waals surface area contributed by atoms with Gasteiger partial charge in [0.05, 0.1) is 11.4 Å². The van der Waals surface area contributed by atoms with Gasteiger partial charge in [0, 0.05) is 30.6 Å². The minimum atomic E-state index is -0.731. The highest BCUT2D eigenvalue weighted by molar-refractivity contribution is 6.03. The molecule has 2 N–H and O–H groups in total. The molecule has 35 heavy (non-hydrogen) atoms. The topological polar surface area (TPSA) is 111 Å². The predicted molar refractivity (Wildman–Crippen MR) is 123 cm³/mol. The summed E-state index contributed by atoms with van der Waals surface area (Å²) in [7, 11) is 0. The molecule has 4 rings (SSSR count). The molecule has 0 aliphatic rings. The first-order valence-electron chi connectivity index (χ1n) is 10.6. The van der Waals surface area contributed by atoms with Crippen molar-refractivity contribution in [3.63, 3.8) is 0 Å². The van der Waals surface area contributed by atoms with Gasteiger partial charge >= 0.3 is 0 Å². The summed E-state index contributed by atoms with van der Waals surface area (Å²) in [6.45, 7) is 3.86. The van der Waals surface area contributed by atoms with Crippen LogP contribution in [0.4, 0.5) is 14.5 Å². The largest absolute Gasteiger partial charge is 0.454 e. The van der Waals surface area contributed by atoms with Gasteiger partial charge in [-0.1, -0.05) is 5.21 Å². The van der Waals surface area contributed by atoms with Crippen LogP contribution in [0, 0.1) is 18.6 Å². The van der Waals surface area contributed by atoms with Gasteiger partial charge in [0.2, 0.25) is 0 Å². The minimum Gasteiger partial charge on any atom is -0.454 e. The fraction of sp³-hybridized carbons (Fsp3) is 0.125. The second-order valence-corrected chi connectivity index (χ2v) is 7.35. The molecule has 0 unspecified atom stereocenters. The number of hydrogen-bond donors (Lipinski definition) is 2. The molecule has 4 aromatic rings. The van der Waals surface area contributed by atoms with Crippen LogP contribution < -0.4 is 15.4 Å². The van der Waals surface area contributed by atoms with Gasteiger partial charge in [-0.05, 0) is 56.3 Å². The molecule has 0 aliphatic carbocycles. The zero-order valence-electron chi connectivity index (χ0n) is 18.8. The third-order valence-electron chi connectivity index (χ3n) is 4.90. The second-order valence-electron chi connectivity index (χ2n) is 7.35. The maximum Gasteiger partial charge on any atom is 0.278 e. The molecule has 0 atom stereocenters. The van der Waals surface area contributed by atoms with E-state index in [4.69, 9.17) is 4.74 Å². The predicted octanol–water partition coefficient (Wildman–Crippen LogP) is 4.04. The number of halogens is 2. The first kappa shape index (κ1) is 23.5. The molecule has 2 aromatic heterocycles. The van der Waals surface area contributed by atoms with Crippen molar-refractivity contribution in [3.8, 4) is 17.2 Å². The SMILES string of the molecule is CCNC(=O)c1cc(Oc2ccc(NC(=O)c3nnn(-c4ccc(F)cc4)c3C)cc2F)ccn1. The van der Waals surface area contributed by atoms with E-state index in [0.29, 0.717) is 17.9 Å². The van der Waals surface area contributed by atoms with Crippen molar-refractivity contribution < 1.29 is 23.1 Å². The standard InChI is InChI=1S/C24H20F2N6O3/c1-3-27-23(33)20-13-18(10-11-28-20)35-21-9-6-16(12-19(21)26)29-24(34)22-14(2)32(31-30-22)17-7-4-15(25)5-8-17/h4-13H,3H2,1-2H3,(H,27,33)(H,29,34). The van der Waals surface area contributed by atoms with Gasteiger partial charge in [0.15, 0.2) is 17.3 Å². The van der Waals surface area contributed by atoms with Crippen LogP contribution in [0.1, 0.15) is 33.6 Å². The summed E-state index contributed by atoms with van der Waals surface area (Å²) in [5.74, 6) is -1.97. The fourth-order valence-corrected chi connectivity index (χ4v) is 3.20. The number of amides is 2. The van der Waals surface area contributed by atoms with E-state index in [1.807, 2.05) is 0 Å². The molecule has 0 radical (unpaired) electrons. The van der Waals surface area contributed by atoms with Crippen molar-refractivity contribution in [1.82, 2.24) is 25.3 Å². The van der Waals surface area contributed by atoms with Crippen molar-refractivity contribution in [2.45, 2.75) is 13.8 Å². The molecular formula is C24H20F2N6O3. The quantitative estimate of drug-likeness (QED) is 0.415. The number of nitrogens with one attached hydrogen (secondary N) is 2. The molecule has 2 heterocycles. The van der Waals surface area contributed by atoms with Gasteiger partial charge in [-0.25, -0.2) is 13.5 Å². The van der Waals surface area contributed by atoms with Crippen molar-refractivity contribution in [2.75, 3.05) is 11.9 Å². The summed E-state index contributed by atoms with van der Waals surface area (Å²) >= 11 is 0. The molecule has 11 heteroatoms. The maximum atomic E-state index is 14.7. The van der Waals surface area contributed by atoms with E-state index in [1.54, 1.807) is 13.8 Å². The Morgan fingerprint density at radius 1 is 1.03 bits per heavy atom. The molecule has 2 amide bonds. The van der Waals surface area contributed by atoms with E-state index in [-0.39, 0.29) is 34.5 Å². The molecule has 0 saturated heterocycles. The van der Waals surface area contributed by atoms with Crippen LogP contribution in [0.5, 0.6) is 11.5 Å². The maximum absolute atomic E-state index is 14.7. The first-order valence-corrected chi connectivity index (χ1v) is 10.6.